The lowest BCUT2D eigenvalue weighted by molar-refractivity contribution is 0.0949. The van der Waals surface area contributed by atoms with Crippen LogP contribution < -0.4 is 5.32 Å². The van der Waals surface area contributed by atoms with E-state index in [1.807, 2.05) is 45.0 Å². The molecule has 0 unspecified atom stereocenters. The molecule has 4 aromatic rings. The minimum Gasteiger partial charge on any atom is -0.345 e. The molecule has 0 aliphatic carbocycles. The van der Waals surface area contributed by atoms with Crippen LogP contribution in [-0.2, 0) is 6.54 Å². The Bertz CT molecular complexity index is 1160. The molecule has 152 valence electrons. The van der Waals surface area contributed by atoms with Gasteiger partial charge in [-0.2, -0.15) is 9.97 Å². The summed E-state index contributed by atoms with van der Waals surface area (Å²) < 4.78 is 10.5. The first-order valence-corrected chi connectivity index (χ1v) is 9.61. The van der Waals surface area contributed by atoms with Gasteiger partial charge in [0.05, 0.1) is 6.54 Å². The number of carbonyl (C=O) groups excluding carboxylic acids is 1. The molecule has 4 rings (SSSR count). The molecule has 0 bridgehead atoms. The zero-order chi connectivity index (χ0) is 21.1. The van der Waals surface area contributed by atoms with E-state index in [-0.39, 0.29) is 18.4 Å². The molecule has 0 aliphatic rings. The summed E-state index contributed by atoms with van der Waals surface area (Å²) in [5.41, 5.74) is 3.24. The summed E-state index contributed by atoms with van der Waals surface area (Å²) in [7, 11) is 0. The topological polar surface area (TPSA) is 107 Å². The second kappa shape index (κ2) is 8.28. The van der Waals surface area contributed by atoms with Crippen molar-refractivity contribution in [3.05, 3.63) is 71.4 Å². The van der Waals surface area contributed by atoms with Crippen molar-refractivity contribution in [1.82, 2.24) is 25.6 Å². The number of nitrogens with one attached hydrogen (secondary N) is 1. The predicted molar refractivity (Wildman–Crippen MR) is 109 cm³/mol. The van der Waals surface area contributed by atoms with Crippen LogP contribution in [-0.4, -0.2) is 26.2 Å². The van der Waals surface area contributed by atoms with Crippen molar-refractivity contribution < 1.29 is 13.8 Å². The molecule has 0 saturated heterocycles. The minimum atomic E-state index is -0.237. The largest absolute Gasteiger partial charge is 0.345 e. The fourth-order valence-electron chi connectivity index (χ4n) is 2.84. The third-order valence-corrected chi connectivity index (χ3v) is 4.48. The molecule has 0 aliphatic heterocycles. The highest BCUT2D eigenvalue weighted by Gasteiger charge is 2.14. The summed E-state index contributed by atoms with van der Waals surface area (Å²) in [6.45, 7) is 6.13. The van der Waals surface area contributed by atoms with Gasteiger partial charge in [0.1, 0.15) is 0 Å². The fraction of sp³-hybridized carbons (Fsp3) is 0.227. The van der Waals surface area contributed by atoms with Gasteiger partial charge in [-0.1, -0.05) is 54.0 Å². The second-order valence-corrected chi connectivity index (χ2v) is 7.26. The molecule has 0 saturated carbocycles. The van der Waals surface area contributed by atoms with Gasteiger partial charge < -0.3 is 14.4 Å². The van der Waals surface area contributed by atoms with Gasteiger partial charge in [0.25, 0.3) is 11.8 Å². The molecule has 30 heavy (non-hydrogen) atoms. The number of amides is 1. The molecule has 1 amide bonds. The Morgan fingerprint density at radius 1 is 1.00 bits per heavy atom. The lowest BCUT2D eigenvalue weighted by Crippen LogP contribution is -2.23. The van der Waals surface area contributed by atoms with Crippen molar-refractivity contribution in [2.24, 2.45) is 0 Å². The number of aromatic nitrogens is 4. The van der Waals surface area contributed by atoms with Gasteiger partial charge in [-0.15, -0.1) is 0 Å². The normalized spacial score (nSPS) is 11.1. The standard InChI is InChI=1S/C22H21N5O3/c1-13(2)21-25-19(27-29-21)15-7-9-16(10-8-15)20(28)23-12-18-24-22(30-26-18)17-6-4-5-14(3)11-17/h4-11,13H,12H2,1-3H3,(H,23,28). The highest BCUT2D eigenvalue weighted by atomic mass is 16.5. The quantitative estimate of drug-likeness (QED) is 0.515. The Balaban J connectivity index is 1.38. The van der Waals surface area contributed by atoms with Gasteiger partial charge in [-0.25, -0.2) is 0 Å². The lowest BCUT2D eigenvalue weighted by atomic mass is 10.1. The van der Waals surface area contributed by atoms with Gasteiger partial charge in [-0.05, 0) is 31.2 Å². The fourth-order valence-corrected chi connectivity index (χ4v) is 2.84. The number of carbonyl (C=O) groups is 1. The first-order valence-electron chi connectivity index (χ1n) is 9.61. The minimum absolute atomic E-state index is 0.160. The van der Waals surface area contributed by atoms with Crippen LogP contribution in [0.25, 0.3) is 22.8 Å². The number of aryl methyl sites for hydroxylation is 1. The zero-order valence-electron chi connectivity index (χ0n) is 16.9. The van der Waals surface area contributed by atoms with E-state index in [1.165, 1.54) is 0 Å². The number of hydrogen-bond donors (Lipinski definition) is 1. The van der Waals surface area contributed by atoms with E-state index < -0.39 is 0 Å². The van der Waals surface area contributed by atoms with E-state index in [9.17, 15) is 4.79 Å². The molecule has 1 N–H and O–H groups in total. The van der Waals surface area contributed by atoms with Crippen molar-refractivity contribution in [2.45, 2.75) is 33.2 Å². The average molecular weight is 403 g/mol. The van der Waals surface area contributed by atoms with E-state index in [0.29, 0.717) is 29.0 Å². The summed E-state index contributed by atoms with van der Waals surface area (Å²) in [4.78, 5) is 21.1. The molecular weight excluding hydrogens is 382 g/mol. The van der Waals surface area contributed by atoms with Gasteiger partial charge in [-0.3, -0.25) is 4.79 Å². The van der Waals surface area contributed by atoms with Crippen molar-refractivity contribution in [2.75, 3.05) is 0 Å². The van der Waals surface area contributed by atoms with Crippen LogP contribution >= 0.6 is 0 Å². The lowest BCUT2D eigenvalue weighted by Gasteiger charge is -2.03. The molecular formula is C22H21N5O3. The molecule has 0 radical (unpaired) electrons. The van der Waals surface area contributed by atoms with E-state index >= 15 is 0 Å². The maximum Gasteiger partial charge on any atom is 0.257 e. The van der Waals surface area contributed by atoms with Crippen molar-refractivity contribution in [1.29, 1.82) is 0 Å². The first-order chi connectivity index (χ1) is 14.5. The number of hydrogen-bond acceptors (Lipinski definition) is 7. The summed E-state index contributed by atoms with van der Waals surface area (Å²) in [5, 5.41) is 10.7. The molecule has 2 aromatic heterocycles. The van der Waals surface area contributed by atoms with Crippen LogP contribution in [0.4, 0.5) is 0 Å². The van der Waals surface area contributed by atoms with Gasteiger partial charge in [0, 0.05) is 22.6 Å². The van der Waals surface area contributed by atoms with E-state index in [0.717, 1.165) is 16.7 Å². The summed E-state index contributed by atoms with van der Waals surface area (Å²) in [5.74, 6) is 1.84. The van der Waals surface area contributed by atoms with Crippen LogP contribution in [0.15, 0.2) is 57.6 Å². The summed E-state index contributed by atoms with van der Waals surface area (Å²) >= 11 is 0. The van der Waals surface area contributed by atoms with E-state index in [4.69, 9.17) is 9.05 Å². The molecule has 0 spiro atoms. The maximum atomic E-state index is 12.4. The Morgan fingerprint density at radius 2 is 1.80 bits per heavy atom. The molecule has 0 fully saturated rings. The Morgan fingerprint density at radius 3 is 2.50 bits per heavy atom. The molecule has 2 heterocycles. The monoisotopic (exact) mass is 403 g/mol. The molecule has 0 atom stereocenters. The third-order valence-electron chi connectivity index (χ3n) is 4.48. The Labute approximate surface area is 173 Å². The van der Waals surface area contributed by atoms with Crippen LogP contribution in [0.3, 0.4) is 0 Å². The highest BCUT2D eigenvalue weighted by molar-refractivity contribution is 5.94. The summed E-state index contributed by atoms with van der Waals surface area (Å²) in [6, 6.07) is 14.8. The Kier molecular flexibility index (Phi) is 5.38. The highest BCUT2D eigenvalue weighted by Crippen LogP contribution is 2.20. The van der Waals surface area contributed by atoms with Crippen LogP contribution in [0.2, 0.25) is 0 Å². The van der Waals surface area contributed by atoms with Gasteiger partial charge in [0.2, 0.25) is 11.7 Å². The van der Waals surface area contributed by atoms with Crippen LogP contribution in [0, 0.1) is 6.92 Å². The molecule has 2 aromatic carbocycles. The second-order valence-electron chi connectivity index (χ2n) is 7.26. The van der Waals surface area contributed by atoms with E-state index in [1.54, 1.807) is 24.3 Å². The van der Waals surface area contributed by atoms with E-state index in [2.05, 4.69) is 25.6 Å². The van der Waals surface area contributed by atoms with Crippen LogP contribution in [0.1, 0.15) is 47.4 Å². The number of benzene rings is 2. The molecule has 8 heteroatoms. The summed E-state index contributed by atoms with van der Waals surface area (Å²) in [6.07, 6.45) is 0. The van der Waals surface area contributed by atoms with Crippen molar-refractivity contribution in [3.8, 4) is 22.8 Å². The maximum absolute atomic E-state index is 12.4. The third kappa shape index (κ3) is 4.27. The SMILES string of the molecule is Cc1cccc(-c2nc(CNC(=O)c3ccc(-c4noc(C(C)C)n4)cc3)no2)c1. The van der Waals surface area contributed by atoms with Crippen molar-refractivity contribution >= 4 is 5.91 Å². The molecule has 8 nitrogen and oxygen atoms in total. The Hall–Kier alpha value is -3.81. The first kappa shape index (κ1) is 19.5. The predicted octanol–water partition coefficient (Wildman–Crippen LogP) is 4.15. The van der Waals surface area contributed by atoms with Gasteiger partial charge in [0.15, 0.2) is 5.82 Å². The van der Waals surface area contributed by atoms with Crippen LogP contribution in [0.5, 0.6) is 0 Å². The number of rotatable bonds is 6. The zero-order valence-corrected chi connectivity index (χ0v) is 16.9. The number of nitrogens with zero attached hydrogens (tertiary/aromatic N) is 4. The average Bonchev–Trinajstić information content (AvgIpc) is 3.42. The van der Waals surface area contributed by atoms with Gasteiger partial charge >= 0.3 is 0 Å². The smallest absolute Gasteiger partial charge is 0.257 e. The van der Waals surface area contributed by atoms with Crippen molar-refractivity contribution in [3.63, 3.8) is 0 Å².